The lowest BCUT2D eigenvalue weighted by molar-refractivity contribution is 0.385. The van der Waals surface area contributed by atoms with Crippen molar-refractivity contribution in [2.75, 3.05) is 6.54 Å². The summed E-state index contributed by atoms with van der Waals surface area (Å²) in [5.41, 5.74) is 1.29. The first-order chi connectivity index (χ1) is 9.29. The summed E-state index contributed by atoms with van der Waals surface area (Å²) in [5.74, 6) is 0.928. The highest BCUT2D eigenvalue weighted by molar-refractivity contribution is 6.31. The fourth-order valence-corrected chi connectivity index (χ4v) is 3.38. The molecule has 1 aliphatic carbocycles. The molecule has 1 fully saturated rings. The Morgan fingerprint density at radius 1 is 1.26 bits per heavy atom. The third kappa shape index (κ3) is 4.81. The number of hydrogen-bond donors (Lipinski definition) is 1. The fourth-order valence-electron chi connectivity index (χ4n) is 3.17. The first kappa shape index (κ1) is 14.9. The highest BCUT2D eigenvalue weighted by Gasteiger charge is 2.20. The van der Waals surface area contributed by atoms with Crippen LogP contribution in [-0.2, 0) is 6.42 Å². The van der Waals surface area contributed by atoms with Gasteiger partial charge in [0.1, 0.15) is 0 Å². The Morgan fingerprint density at radius 3 is 2.68 bits per heavy atom. The second-order valence-corrected chi connectivity index (χ2v) is 6.24. The molecule has 0 radical (unpaired) electrons. The molecule has 1 aromatic carbocycles. The molecule has 0 aliphatic heterocycles. The highest BCUT2D eigenvalue weighted by Crippen LogP contribution is 2.30. The van der Waals surface area contributed by atoms with Gasteiger partial charge in [-0.3, -0.25) is 0 Å². The largest absolute Gasteiger partial charge is 0.314 e. The van der Waals surface area contributed by atoms with Gasteiger partial charge in [0, 0.05) is 11.1 Å². The summed E-state index contributed by atoms with van der Waals surface area (Å²) >= 11 is 6.29. The van der Waals surface area contributed by atoms with Crippen LogP contribution < -0.4 is 5.32 Å². The van der Waals surface area contributed by atoms with Crippen LogP contribution in [0, 0.1) is 5.92 Å². The zero-order valence-electron chi connectivity index (χ0n) is 12.0. The van der Waals surface area contributed by atoms with Gasteiger partial charge in [0.2, 0.25) is 0 Å². The maximum absolute atomic E-state index is 6.29. The van der Waals surface area contributed by atoms with Crippen molar-refractivity contribution in [1.29, 1.82) is 0 Å². The van der Waals surface area contributed by atoms with E-state index in [2.05, 4.69) is 24.4 Å². The van der Waals surface area contributed by atoms with Crippen LogP contribution in [0.2, 0.25) is 5.02 Å². The number of nitrogens with one attached hydrogen (secondary N) is 1. The van der Waals surface area contributed by atoms with E-state index in [9.17, 15) is 0 Å². The van der Waals surface area contributed by atoms with Gasteiger partial charge in [-0.15, -0.1) is 0 Å². The molecule has 0 spiro atoms. The van der Waals surface area contributed by atoms with Crippen LogP contribution in [0.15, 0.2) is 24.3 Å². The third-order valence-electron chi connectivity index (χ3n) is 4.20. The summed E-state index contributed by atoms with van der Waals surface area (Å²) in [6.45, 7) is 3.34. The lowest BCUT2D eigenvalue weighted by Gasteiger charge is -2.22. The van der Waals surface area contributed by atoms with Gasteiger partial charge in [0.05, 0.1) is 0 Å². The van der Waals surface area contributed by atoms with Crippen LogP contribution in [0.3, 0.4) is 0 Å². The van der Waals surface area contributed by atoms with Gasteiger partial charge in [-0.2, -0.15) is 0 Å². The molecule has 106 valence electrons. The number of rotatable bonds is 7. The molecule has 1 aromatic rings. The Balaban J connectivity index is 1.94. The average molecular weight is 280 g/mol. The summed E-state index contributed by atoms with van der Waals surface area (Å²) < 4.78 is 0. The van der Waals surface area contributed by atoms with Gasteiger partial charge in [-0.25, -0.2) is 0 Å². The van der Waals surface area contributed by atoms with Gasteiger partial charge >= 0.3 is 0 Å². The predicted molar refractivity (Wildman–Crippen MR) is 83.8 cm³/mol. The van der Waals surface area contributed by atoms with Crippen LogP contribution in [0.4, 0.5) is 0 Å². The van der Waals surface area contributed by atoms with Crippen molar-refractivity contribution >= 4 is 11.6 Å². The molecule has 1 aliphatic rings. The average Bonchev–Trinajstić information content (AvgIpc) is 2.91. The van der Waals surface area contributed by atoms with E-state index in [0.29, 0.717) is 6.04 Å². The lowest BCUT2D eigenvalue weighted by atomic mass is 9.94. The smallest absolute Gasteiger partial charge is 0.0438 e. The van der Waals surface area contributed by atoms with Gasteiger partial charge < -0.3 is 5.32 Å². The number of hydrogen-bond acceptors (Lipinski definition) is 1. The van der Waals surface area contributed by atoms with E-state index < -0.39 is 0 Å². The Hall–Kier alpha value is -0.530. The minimum atomic E-state index is 0.586. The molecule has 2 rings (SSSR count). The minimum absolute atomic E-state index is 0.586. The molecule has 0 amide bonds. The van der Waals surface area contributed by atoms with Gasteiger partial charge in [0.25, 0.3) is 0 Å². The topological polar surface area (TPSA) is 12.0 Å². The van der Waals surface area contributed by atoms with Crippen molar-refractivity contribution in [2.45, 2.75) is 57.9 Å². The molecule has 0 heterocycles. The van der Waals surface area contributed by atoms with E-state index in [0.717, 1.165) is 23.9 Å². The molecule has 1 N–H and O–H groups in total. The van der Waals surface area contributed by atoms with Gasteiger partial charge in [-0.1, -0.05) is 62.4 Å². The maximum atomic E-state index is 6.29. The summed E-state index contributed by atoms with van der Waals surface area (Å²) in [6, 6.07) is 8.86. The zero-order chi connectivity index (χ0) is 13.5. The van der Waals surface area contributed by atoms with Gasteiger partial charge in [0.15, 0.2) is 0 Å². The first-order valence-corrected chi connectivity index (χ1v) is 8.14. The van der Waals surface area contributed by atoms with Crippen LogP contribution in [0.1, 0.15) is 51.0 Å². The minimum Gasteiger partial charge on any atom is -0.314 e. The molecule has 1 saturated carbocycles. The summed E-state index contributed by atoms with van der Waals surface area (Å²) in [5, 5.41) is 4.63. The Morgan fingerprint density at radius 2 is 2.00 bits per heavy atom. The van der Waals surface area contributed by atoms with E-state index in [-0.39, 0.29) is 0 Å². The third-order valence-corrected chi connectivity index (χ3v) is 4.57. The molecule has 1 atom stereocenters. The zero-order valence-corrected chi connectivity index (χ0v) is 12.8. The Labute approximate surface area is 122 Å². The second-order valence-electron chi connectivity index (χ2n) is 5.83. The molecule has 19 heavy (non-hydrogen) atoms. The molecule has 2 heteroatoms. The van der Waals surface area contributed by atoms with E-state index in [4.69, 9.17) is 11.6 Å². The lowest BCUT2D eigenvalue weighted by Crippen LogP contribution is -2.33. The van der Waals surface area contributed by atoms with Crippen molar-refractivity contribution in [1.82, 2.24) is 5.32 Å². The van der Waals surface area contributed by atoms with Crippen molar-refractivity contribution in [3.8, 4) is 0 Å². The van der Waals surface area contributed by atoms with E-state index in [1.54, 1.807) is 0 Å². The van der Waals surface area contributed by atoms with Gasteiger partial charge in [-0.05, 0) is 43.4 Å². The normalized spacial score (nSPS) is 17.8. The number of benzene rings is 1. The fraction of sp³-hybridized carbons (Fsp3) is 0.647. The van der Waals surface area contributed by atoms with Crippen LogP contribution in [0.25, 0.3) is 0 Å². The van der Waals surface area contributed by atoms with E-state index in [1.165, 1.54) is 44.1 Å². The molecule has 1 nitrogen and oxygen atoms in total. The maximum Gasteiger partial charge on any atom is 0.0438 e. The highest BCUT2D eigenvalue weighted by atomic mass is 35.5. The van der Waals surface area contributed by atoms with Crippen LogP contribution in [-0.4, -0.2) is 12.6 Å². The molecule has 0 aromatic heterocycles. The number of halogens is 1. The summed E-state index contributed by atoms with van der Waals surface area (Å²) in [6.07, 6.45) is 9.28. The molecular weight excluding hydrogens is 254 g/mol. The van der Waals surface area contributed by atoms with Crippen LogP contribution >= 0.6 is 11.6 Å². The summed E-state index contributed by atoms with van der Waals surface area (Å²) in [7, 11) is 0. The van der Waals surface area contributed by atoms with E-state index >= 15 is 0 Å². The summed E-state index contributed by atoms with van der Waals surface area (Å²) in [4.78, 5) is 0. The van der Waals surface area contributed by atoms with Crippen LogP contribution in [0.5, 0.6) is 0 Å². The quantitative estimate of drug-likeness (QED) is 0.754. The van der Waals surface area contributed by atoms with E-state index in [1.807, 2.05) is 12.1 Å². The molecule has 0 bridgehead atoms. The predicted octanol–water partition coefficient (Wildman–Crippen LogP) is 4.83. The molecule has 0 saturated heterocycles. The Kier molecular flexibility index (Phi) is 6.19. The van der Waals surface area contributed by atoms with Crippen molar-refractivity contribution in [2.24, 2.45) is 5.92 Å². The first-order valence-electron chi connectivity index (χ1n) is 7.76. The Bertz CT molecular complexity index is 371. The molecule has 1 unspecified atom stereocenters. The van der Waals surface area contributed by atoms with Crippen molar-refractivity contribution in [3.05, 3.63) is 34.9 Å². The standard InChI is InChI=1S/C17H26ClN/c1-2-11-19-16(12-14-7-3-4-8-14)13-15-9-5-6-10-17(15)18/h5-6,9-10,14,16,19H,2-4,7-8,11-13H2,1H3. The monoisotopic (exact) mass is 279 g/mol. The molecular formula is C17H26ClN. The van der Waals surface area contributed by atoms with Crippen molar-refractivity contribution < 1.29 is 0 Å². The SMILES string of the molecule is CCCNC(Cc1ccccc1Cl)CC1CCCC1. The van der Waals surface area contributed by atoms with Crippen molar-refractivity contribution in [3.63, 3.8) is 0 Å². The second kappa shape index (κ2) is 7.91.